The normalized spacial score (nSPS) is 30.3. The van der Waals surface area contributed by atoms with Gasteiger partial charge in [0.05, 0.1) is 37.2 Å². The van der Waals surface area contributed by atoms with Crippen molar-refractivity contribution in [1.82, 2.24) is 4.90 Å². The Morgan fingerprint density at radius 3 is 2.65 bits per heavy atom. The number of likely N-dealkylation sites (tertiary alicyclic amines) is 1. The van der Waals surface area contributed by atoms with Gasteiger partial charge in [0.25, 0.3) is 5.91 Å². The number of rotatable bonds is 10. The van der Waals surface area contributed by atoms with E-state index in [1.807, 2.05) is 56.3 Å². The van der Waals surface area contributed by atoms with Gasteiger partial charge in [0, 0.05) is 17.1 Å². The van der Waals surface area contributed by atoms with Crippen LogP contribution in [0, 0.1) is 17.8 Å². The number of aliphatic hydroxyl groups excluding tert-OH is 1. The number of anilines is 1. The zero-order valence-electron chi connectivity index (χ0n) is 23.2. The van der Waals surface area contributed by atoms with Crippen molar-refractivity contribution in [2.45, 2.75) is 62.2 Å². The van der Waals surface area contributed by atoms with E-state index in [-0.39, 0.29) is 42.3 Å². The van der Waals surface area contributed by atoms with Crippen LogP contribution < -0.4 is 4.90 Å². The molecule has 8 atom stereocenters. The summed E-state index contributed by atoms with van der Waals surface area (Å²) in [5, 5.41) is 12.6. The van der Waals surface area contributed by atoms with Crippen molar-refractivity contribution in [3.05, 3.63) is 55.1 Å². The van der Waals surface area contributed by atoms with Gasteiger partial charge in [-0.1, -0.05) is 72.6 Å². The fourth-order valence-electron chi connectivity index (χ4n) is 6.97. The summed E-state index contributed by atoms with van der Waals surface area (Å²) in [5.74, 6) is -2.96. The Balaban J connectivity index is 1.64. The van der Waals surface area contributed by atoms with Gasteiger partial charge < -0.3 is 24.4 Å². The van der Waals surface area contributed by atoms with Crippen LogP contribution in [0.3, 0.4) is 0 Å². The van der Waals surface area contributed by atoms with Crippen LogP contribution in [0.5, 0.6) is 0 Å². The first-order valence-electron chi connectivity index (χ1n) is 14.1. The van der Waals surface area contributed by atoms with Gasteiger partial charge in [-0.25, -0.2) is 0 Å². The lowest BCUT2D eigenvalue weighted by Crippen LogP contribution is -2.60. The topological polar surface area (TPSA) is 96.4 Å². The van der Waals surface area contributed by atoms with Crippen LogP contribution in [-0.4, -0.2) is 76.2 Å². The second kappa shape index (κ2) is 11.3. The van der Waals surface area contributed by atoms with Gasteiger partial charge in [-0.3, -0.25) is 14.4 Å². The molecule has 9 heteroatoms. The number of amides is 2. The van der Waals surface area contributed by atoms with E-state index in [0.29, 0.717) is 18.5 Å². The highest BCUT2D eigenvalue weighted by Crippen LogP contribution is 2.61. The lowest BCUT2D eigenvalue weighted by Gasteiger charge is -2.41. The molecule has 3 saturated heterocycles. The number of hydrogen-bond acceptors (Lipinski definition) is 6. The number of halogens is 1. The third-order valence-electron chi connectivity index (χ3n) is 8.99. The average molecular weight is 614 g/mol. The number of ether oxygens (including phenoxy) is 2. The first kappa shape index (κ1) is 28.8. The number of benzene rings is 2. The lowest BCUT2D eigenvalue weighted by atomic mass is 9.70. The second-order valence-electron chi connectivity index (χ2n) is 11.1. The fourth-order valence-corrected chi connectivity index (χ4v) is 7.91. The molecule has 2 bridgehead atoms. The van der Waals surface area contributed by atoms with Crippen molar-refractivity contribution in [3.8, 4) is 0 Å². The monoisotopic (exact) mass is 612 g/mol. The zero-order chi connectivity index (χ0) is 28.8. The number of nitrogens with zero attached hydrogens (tertiary/aromatic N) is 2. The number of esters is 1. The molecule has 3 heterocycles. The zero-order valence-corrected chi connectivity index (χ0v) is 24.7. The minimum atomic E-state index is -1.23. The molecule has 0 saturated carbocycles. The van der Waals surface area contributed by atoms with E-state index in [1.165, 1.54) is 4.90 Å². The van der Waals surface area contributed by atoms with E-state index in [9.17, 15) is 19.5 Å². The van der Waals surface area contributed by atoms with Gasteiger partial charge in [0.2, 0.25) is 5.91 Å². The molecule has 0 aliphatic carbocycles. The summed E-state index contributed by atoms with van der Waals surface area (Å²) in [4.78, 5) is 45.3. The molecule has 3 unspecified atom stereocenters. The van der Waals surface area contributed by atoms with Crippen LogP contribution in [0.25, 0.3) is 10.8 Å². The van der Waals surface area contributed by atoms with Crippen LogP contribution in [-0.2, 0) is 23.9 Å². The number of alkyl halides is 1. The highest BCUT2D eigenvalue weighted by Gasteiger charge is 2.77. The molecule has 2 aromatic carbocycles. The number of hydrogen-bond donors (Lipinski definition) is 1. The maximum Gasteiger partial charge on any atom is 0.312 e. The third kappa shape index (κ3) is 4.37. The molecule has 3 aliphatic heterocycles. The van der Waals surface area contributed by atoms with E-state index < -0.39 is 41.6 Å². The highest BCUT2D eigenvalue weighted by molar-refractivity contribution is 9.09. The molecule has 2 aromatic rings. The predicted molar refractivity (Wildman–Crippen MR) is 156 cm³/mol. The summed E-state index contributed by atoms with van der Waals surface area (Å²) in [6.45, 7) is 9.64. The van der Waals surface area contributed by atoms with Crippen molar-refractivity contribution >= 4 is 50.2 Å². The van der Waals surface area contributed by atoms with Crippen LogP contribution in [0.2, 0.25) is 0 Å². The number of carbonyl (C=O) groups excluding carboxylic acids is 3. The molecule has 3 aliphatic rings. The summed E-state index contributed by atoms with van der Waals surface area (Å²) in [7, 11) is 0. The van der Waals surface area contributed by atoms with Gasteiger partial charge in [-0.15, -0.1) is 6.58 Å². The summed E-state index contributed by atoms with van der Waals surface area (Å²) < 4.78 is 12.0. The minimum Gasteiger partial charge on any atom is -0.466 e. The van der Waals surface area contributed by atoms with Crippen LogP contribution in [0.4, 0.5) is 5.69 Å². The first-order chi connectivity index (χ1) is 19.2. The van der Waals surface area contributed by atoms with Crippen molar-refractivity contribution in [2.75, 3.05) is 24.7 Å². The summed E-state index contributed by atoms with van der Waals surface area (Å²) >= 11 is 3.69. The van der Waals surface area contributed by atoms with E-state index in [2.05, 4.69) is 22.5 Å². The van der Waals surface area contributed by atoms with E-state index in [0.717, 1.165) is 10.8 Å². The SMILES string of the molecule is C=CCN(C(=O)C1N([C@@H](CO)[C@@H](C)CC)C(=O)[C@@H]2[C@@H](C(=O)OCC)[C@@H]3OC12CC3Br)c1ccc2ccccc2c1. The maximum absolute atomic E-state index is 14.8. The van der Waals surface area contributed by atoms with Gasteiger partial charge in [0.15, 0.2) is 0 Å². The minimum absolute atomic E-state index is 0.0917. The Morgan fingerprint density at radius 1 is 1.27 bits per heavy atom. The molecule has 0 radical (unpaired) electrons. The third-order valence-corrected chi connectivity index (χ3v) is 9.83. The molecule has 2 amide bonds. The Hall–Kier alpha value is -2.75. The molecular weight excluding hydrogens is 576 g/mol. The summed E-state index contributed by atoms with van der Waals surface area (Å²) in [6, 6.07) is 12.1. The average Bonchev–Trinajstić information content (AvgIpc) is 3.55. The van der Waals surface area contributed by atoms with Gasteiger partial charge in [0.1, 0.15) is 11.6 Å². The summed E-state index contributed by atoms with van der Waals surface area (Å²) in [6.07, 6.45) is 2.15. The standard InChI is InChI=1S/C31H37BrN2O6/c1-5-14-33(21-13-12-19-10-8-9-11-20(19)15-21)29(37)27-31-16-22(32)26(40-31)24(30(38)39-7-3)25(31)28(36)34(27)23(17-35)18(4)6-2/h5,8-13,15,18,22-27,35H,1,6-7,14,16-17H2,2-4H3/t18-,22?,23-,24+,25-,26+,27?,31?/m0/s1. The maximum atomic E-state index is 14.8. The van der Waals surface area contributed by atoms with Crippen LogP contribution >= 0.6 is 15.9 Å². The second-order valence-corrected chi connectivity index (χ2v) is 12.2. The van der Waals surface area contributed by atoms with Gasteiger partial charge in [-0.2, -0.15) is 0 Å². The molecule has 40 heavy (non-hydrogen) atoms. The Labute approximate surface area is 243 Å². The lowest BCUT2D eigenvalue weighted by molar-refractivity contribution is -0.155. The van der Waals surface area contributed by atoms with Crippen LogP contribution in [0.15, 0.2) is 55.1 Å². The van der Waals surface area contributed by atoms with Crippen molar-refractivity contribution in [3.63, 3.8) is 0 Å². The molecule has 1 N–H and O–H groups in total. The largest absolute Gasteiger partial charge is 0.466 e. The highest BCUT2D eigenvalue weighted by atomic mass is 79.9. The van der Waals surface area contributed by atoms with Crippen molar-refractivity contribution in [2.24, 2.45) is 17.8 Å². The molecule has 3 fully saturated rings. The Morgan fingerprint density at radius 2 is 2.00 bits per heavy atom. The quantitative estimate of drug-likeness (QED) is 0.247. The molecular formula is C31H37BrN2O6. The number of aliphatic hydroxyl groups is 1. The van der Waals surface area contributed by atoms with E-state index in [1.54, 1.807) is 17.9 Å². The van der Waals surface area contributed by atoms with Gasteiger partial charge in [-0.05, 0) is 42.2 Å². The number of carbonyl (C=O) groups is 3. The molecule has 214 valence electrons. The van der Waals surface area contributed by atoms with E-state index in [4.69, 9.17) is 9.47 Å². The Bertz CT molecular complexity index is 1320. The number of fused-ring (bicyclic) bond motifs is 2. The van der Waals surface area contributed by atoms with Crippen molar-refractivity contribution in [1.29, 1.82) is 0 Å². The molecule has 0 aromatic heterocycles. The summed E-state index contributed by atoms with van der Waals surface area (Å²) in [5.41, 5.74) is -0.563. The van der Waals surface area contributed by atoms with Crippen molar-refractivity contribution < 1.29 is 29.0 Å². The van der Waals surface area contributed by atoms with Gasteiger partial charge >= 0.3 is 5.97 Å². The molecule has 5 rings (SSSR count). The predicted octanol–water partition coefficient (Wildman–Crippen LogP) is 4.08. The Kier molecular flexibility index (Phi) is 8.10. The first-order valence-corrected chi connectivity index (χ1v) is 15.0. The fraction of sp³-hybridized carbons (Fsp3) is 0.516. The molecule has 8 nitrogen and oxygen atoms in total. The van der Waals surface area contributed by atoms with Crippen LogP contribution in [0.1, 0.15) is 33.6 Å². The van der Waals surface area contributed by atoms with E-state index >= 15 is 0 Å². The molecule has 1 spiro atoms. The smallest absolute Gasteiger partial charge is 0.312 e.